The maximum absolute atomic E-state index is 11.8. The van der Waals surface area contributed by atoms with Crippen molar-refractivity contribution >= 4 is 29.2 Å². The van der Waals surface area contributed by atoms with Crippen molar-refractivity contribution in [1.82, 2.24) is 4.90 Å². The predicted octanol–water partition coefficient (Wildman–Crippen LogP) is 2.07. The van der Waals surface area contributed by atoms with Crippen LogP contribution in [-0.2, 0) is 9.59 Å². The van der Waals surface area contributed by atoms with Gasteiger partial charge in [-0.2, -0.15) is 0 Å². The van der Waals surface area contributed by atoms with E-state index in [1.807, 2.05) is 13.8 Å². The summed E-state index contributed by atoms with van der Waals surface area (Å²) < 4.78 is 0. The van der Waals surface area contributed by atoms with Gasteiger partial charge < -0.3 is 10.4 Å². The lowest BCUT2D eigenvalue weighted by Gasteiger charge is -2.23. The third kappa shape index (κ3) is 5.72. The molecule has 2 N–H and O–H groups in total. The molecule has 0 atom stereocenters. The number of carboxylic acid groups (broad SMARTS) is 1. The number of nitrogens with one attached hydrogen (secondary N) is 1. The minimum absolute atomic E-state index is 0.0243. The van der Waals surface area contributed by atoms with Gasteiger partial charge in [0.1, 0.15) is 0 Å². The van der Waals surface area contributed by atoms with Crippen LogP contribution in [0.2, 0.25) is 5.02 Å². The number of carbonyl (C=O) groups is 2. The first-order chi connectivity index (χ1) is 8.88. The molecule has 1 aromatic rings. The Morgan fingerprint density at radius 2 is 2.05 bits per heavy atom. The fourth-order valence-electron chi connectivity index (χ4n) is 1.55. The smallest absolute Gasteiger partial charge is 0.317 e. The monoisotopic (exact) mass is 284 g/mol. The number of hydrogen-bond acceptors (Lipinski definition) is 3. The molecule has 0 aliphatic carbocycles. The Morgan fingerprint density at radius 1 is 1.37 bits per heavy atom. The van der Waals surface area contributed by atoms with E-state index in [2.05, 4.69) is 5.32 Å². The Hall–Kier alpha value is -1.59. The topological polar surface area (TPSA) is 69.6 Å². The van der Waals surface area contributed by atoms with Crippen molar-refractivity contribution in [2.45, 2.75) is 19.9 Å². The molecule has 0 aromatic heterocycles. The molecular formula is C13H17ClN2O3. The van der Waals surface area contributed by atoms with Crippen molar-refractivity contribution in [2.75, 3.05) is 18.4 Å². The quantitative estimate of drug-likeness (QED) is 0.839. The molecule has 0 fully saturated rings. The Balaban J connectivity index is 2.60. The van der Waals surface area contributed by atoms with Gasteiger partial charge in [0.05, 0.1) is 13.1 Å². The minimum Gasteiger partial charge on any atom is -0.480 e. The van der Waals surface area contributed by atoms with Crippen molar-refractivity contribution in [3.05, 3.63) is 29.3 Å². The summed E-state index contributed by atoms with van der Waals surface area (Å²) in [5, 5.41) is 12.0. The molecule has 1 amide bonds. The molecule has 0 radical (unpaired) electrons. The summed E-state index contributed by atoms with van der Waals surface area (Å²) in [5.74, 6) is -1.22. The average molecular weight is 285 g/mol. The number of benzene rings is 1. The second-order valence-corrected chi connectivity index (χ2v) is 4.89. The number of hydrogen-bond donors (Lipinski definition) is 2. The molecule has 19 heavy (non-hydrogen) atoms. The van der Waals surface area contributed by atoms with Crippen molar-refractivity contribution in [3.8, 4) is 0 Å². The van der Waals surface area contributed by atoms with E-state index in [-0.39, 0.29) is 25.0 Å². The number of rotatable bonds is 6. The molecule has 1 rings (SSSR count). The van der Waals surface area contributed by atoms with Crippen LogP contribution in [0.15, 0.2) is 24.3 Å². The van der Waals surface area contributed by atoms with Crippen molar-refractivity contribution in [3.63, 3.8) is 0 Å². The zero-order valence-electron chi connectivity index (χ0n) is 10.9. The molecule has 0 saturated carbocycles. The molecule has 0 saturated heterocycles. The second kappa shape index (κ2) is 7.11. The number of nitrogens with zero attached hydrogens (tertiary/aromatic N) is 1. The van der Waals surface area contributed by atoms with Crippen LogP contribution in [0.1, 0.15) is 13.8 Å². The first-order valence-electron chi connectivity index (χ1n) is 5.89. The molecule has 0 unspecified atom stereocenters. The zero-order chi connectivity index (χ0) is 14.4. The van der Waals surface area contributed by atoms with Crippen LogP contribution in [0.5, 0.6) is 0 Å². The van der Waals surface area contributed by atoms with Gasteiger partial charge in [0.2, 0.25) is 5.91 Å². The zero-order valence-corrected chi connectivity index (χ0v) is 11.6. The van der Waals surface area contributed by atoms with E-state index in [4.69, 9.17) is 16.7 Å². The fourth-order valence-corrected chi connectivity index (χ4v) is 1.74. The highest BCUT2D eigenvalue weighted by atomic mass is 35.5. The number of amides is 1. The lowest BCUT2D eigenvalue weighted by molar-refractivity contribution is -0.139. The highest BCUT2D eigenvalue weighted by Gasteiger charge is 2.16. The Labute approximate surface area is 117 Å². The molecule has 0 aliphatic rings. The van der Waals surface area contributed by atoms with Gasteiger partial charge in [-0.15, -0.1) is 0 Å². The number of halogens is 1. The lowest BCUT2D eigenvalue weighted by atomic mass is 10.3. The number of carbonyl (C=O) groups excluding carboxylic acids is 1. The van der Waals surface area contributed by atoms with E-state index in [0.717, 1.165) is 0 Å². The van der Waals surface area contributed by atoms with Gasteiger partial charge in [-0.05, 0) is 32.0 Å². The Morgan fingerprint density at radius 3 is 2.58 bits per heavy atom. The van der Waals surface area contributed by atoms with Crippen LogP contribution in [0.3, 0.4) is 0 Å². The SMILES string of the molecule is CC(C)N(CC(=O)O)CC(=O)Nc1cccc(Cl)c1. The normalized spacial score (nSPS) is 10.8. The van der Waals surface area contributed by atoms with Crippen molar-refractivity contribution in [2.24, 2.45) is 0 Å². The molecular weight excluding hydrogens is 268 g/mol. The minimum atomic E-state index is -0.954. The van der Waals surface area contributed by atoms with Crippen molar-refractivity contribution < 1.29 is 14.7 Å². The molecule has 1 aromatic carbocycles. The molecule has 0 heterocycles. The molecule has 0 spiro atoms. The maximum atomic E-state index is 11.8. The molecule has 0 aliphatic heterocycles. The van der Waals surface area contributed by atoms with Gasteiger partial charge in [0, 0.05) is 16.8 Å². The largest absolute Gasteiger partial charge is 0.480 e. The van der Waals surface area contributed by atoms with Gasteiger partial charge in [-0.3, -0.25) is 14.5 Å². The number of carboxylic acids is 1. The standard InChI is InChI=1S/C13H17ClN2O3/c1-9(2)16(8-13(18)19)7-12(17)15-11-5-3-4-10(14)6-11/h3-6,9H,7-8H2,1-2H3,(H,15,17)(H,18,19). The summed E-state index contributed by atoms with van der Waals surface area (Å²) in [5.41, 5.74) is 0.594. The summed E-state index contributed by atoms with van der Waals surface area (Å²) >= 11 is 5.81. The third-order valence-electron chi connectivity index (χ3n) is 2.52. The van der Waals surface area contributed by atoms with E-state index in [0.29, 0.717) is 10.7 Å². The first-order valence-corrected chi connectivity index (χ1v) is 6.27. The highest BCUT2D eigenvalue weighted by molar-refractivity contribution is 6.30. The molecule has 6 heteroatoms. The van der Waals surface area contributed by atoms with Crippen LogP contribution < -0.4 is 5.32 Å². The molecule has 0 bridgehead atoms. The Bertz CT molecular complexity index is 463. The van der Waals surface area contributed by atoms with Gasteiger partial charge in [0.15, 0.2) is 0 Å². The summed E-state index contributed by atoms with van der Waals surface area (Å²) in [6, 6.07) is 6.77. The lowest BCUT2D eigenvalue weighted by Crippen LogP contribution is -2.41. The van der Waals surface area contributed by atoms with Crippen LogP contribution >= 0.6 is 11.6 Å². The molecule has 104 valence electrons. The third-order valence-corrected chi connectivity index (χ3v) is 2.76. The van der Waals surface area contributed by atoms with E-state index in [1.54, 1.807) is 29.2 Å². The Kier molecular flexibility index (Phi) is 5.79. The van der Waals surface area contributed by atoms with E-state index < -0.39 is 5.97 Å². The van der Waals surface area contributed by atoms with Crippen molar-refractivity contribution in [1.29, 1.82) is 0 Å². The number of aliphatic carboxylic acids is 1. The van der Waals surface area contributed by atoms with E-state index in [9.17, 15) is 9.59 Å². The van der Waals surface area contributed by atoms with Crippen LogP contribution in [-0.4, -0.2) is 41.0 Å². The summed E-state index contributed by atoms with van der Waals surface area (Å²) in [6.45, 7) is 3.54. The van der Waals surface area contributed by atoms with Gasteiger partial charge in [0.25, 0.3) is 0 Å². The van der Waals surface area contributed by atoms with E-state index in [1.165, 1.54) is 0 Å². The second-order valence-electron chi connectivity index (χ2n) is 4.45. The van der Waals surface area contributed by atoms with Crippen LogP contribution in [0.25, 0.3) is 0 Å². The fraction of sp³-hybridized carbons (Fsp3) is 0.385. The summed E-state index contributed by atoms with van der Waals surface area (Å²) in [7, 11) is 0. The van der Waals surface area contributed by atoms with Gasteiger partial charge in [-0.25, -0.2) is 0 Å². The van der Waals surface area contributed by atoms with Gasteiger partial charge >= 0.3 is 5.97 Å². The maximum Gasteiger partial charge on any atom is 0.317 e. The number of anilines is 1. The molecule has 5 nitrogen and oxygen atoms in total. The van der Waals surface area contributed by atoms with Crippen LogP contribution in [0.4, 0.5) is 5.69 Å². The summed E-state index contributed by atoms with van der Waals surface area (Å²) in [4.78, 5) is 24.1. The van der Waals surface area contributed by atoms with Gasteiger partial charge in [-0.1, -0.05) is 17.7 Å². The predicted molar refractivity (Wildman–Crippen MR) is 74.4 cm³/mol. The summed E-state index contributed by atoms with van der Waals surface area (Å²) in [6.07, 6.45) is 0. The average Bonchev–Trinajstić information content (AvgIpc) is 2.27. The van der Waals surface area contributed by atoms with E-state index >= 15 is 0 Å². The highest BCUT2D eigenvalue weighted by Crippen LogP contribution is 2.14. The first kappa shape index (κ1) is 15.5. The van der Waals surface area contributed by atoms with Crippen LogP contribution in [0, 0.1) is 0 Å².